The molecule has 0 radical (unpaired) electrons. The molecule has 0 N–H and O–H groups in total. The number of aryl methyl sites for hydroxylation is 1. The Morgan fingerprint density at radius 3 is 1.54 bits per heavy atom. The van der Waals surface area contributed by atoms with Crippen LogP contribution in [-0.4, -0.2) is 8.42 Å². The Morgan fingerprint density at radius 2 is 1.12 bits per heavy atom. The van der Waals surface area contributed by atoms with E-state index in [1.54, 1.807) is 12.1 Å². The van der Waals surface area contributed by atoms with Crippen molar-refractivity contribution < 1.29 is 8.42 Å². The number of benzene rings is 1. The van der Waals surface area contributed by atoms with Gasteiger partial charge in [-0.15, -0.1) is 0 Å². The van der Waals surface area contributed by atoms with Gasteiger partial charge in [-0.25, -0.2) is 8.42 Å². The molecule has 138 valence electrons. The molecule has 0 fully saturated rings. The molecule has 0 bridgehead atoms. The van der Waals surface area contributed by atoms with Crippen molar-refractivity contribution in [2.75, 3.05) is 0 Å². The quantitative estimate of drug-likeness (QED) is 0.264. The molecule has 0 aliphatic heterocycles. The van der Waals surface area contributed by atoms with Crippen molar-refractivity contribution in [3.8, 4) is 0 Å². The molecular weight excluding hydrogens is 340 g/mol. The van der Waals surface area contributed by atoms with Gasteiger partial charge in [-0.3, -0.25) is 0 Å². The summed E-state index contributed by atoms with van der Waals surface area (Å²) in [5.74, 6) is 0. The van der Waals surface area contributed by atoms with Crippen LogP contribution < -0.4 is 0 Å². The van der Waals surface area contributed by atoms with E-state index >= 15 is 0 Å². The molecule has 2 nitrogen and oxygen atoms in total. The molecule has 1 aromatic carbocycles. The van der Waals surface area contributed by atoms with Crippen molar-refractivity contribution >= 4 is 19.7 Å². The van der Waals surface area contributed by atoms with Crippen LogP contribution in [0.15, 0.2) is 29.2 Å². The molecule has 24 heavy (non-hydrogen) atoms. The highest BCUT2D eigenvalue weighted by molar-refractivity contribution is 8.13. The van der Waals surface area contributed by atoms with E-state index in [1.807, 2.05) is 12.1 Å². The highest BCUT2D eigenvalue weighted by Crippen LogP contribution is 2.17. The molecule has 0 heterocycles. The standard InChI is InChI=1S/C20H33ClO2S/c1-2-3-4-5-6-7-8-9-10-11-12-13-14-19-15-17-20(18-16-19)24(21,22)23/h15-18H,2-14H2,1H3. The number of halogens is 1. The summed E-state index contributed by atoms with van der Waals surface area (Å²) < 4.78 is 22.4. The maximum atomic E-state index is 11.2. The molecule has 0 saturated carbocycles. The molecule has 4 heteroatoms. The summed E-state index contributed by atoms with van der Waals surface area (Å²) >= 11 is 0. The second-order valence-corrected chi connectivity index (χ2v) is 9.29. The van der Waals surface area contributed by atoms with Crippen LogP contribution in [0.2, 0.25) is 0 Å². The summed E-state index contributed by atoms with van der Waals surface area (Å²) in [4.78, 5) is 0.183. The largest absolute Gasteiger partial charge is 0.261 e. The van der Waals surface area contributed by atoms with E-state index in [2.05, 4.69) is 6.92 Å². The van der Waals surface area contributed by atoms with Crippen molar-refractivity contribution in [1.82, 2.24) is 0 Å². The molecule has 1 rings (SSSR count). The summed E-state index contributed by atoms with van der Waals surface area (Å²) in [6, 6.07) is 6.93. The van der Waals surface area contributed by atoms with Crippen LogP contribution in [0.3, 0.4) is 0 Å². The highest BCUT2D eigenvalue weighted by atomic mass is 35.7. The second kappa shape index (κ2) is 12.8. The number of hydrogen-bond donors (Lipinski definition) is 0. The smallest absolute Gasteiger partial charge is 0.207 e. The fraction of sp³-hybridized carbons (Fsp3) is 0.700. The minimum atomic E-state index is -3.59. The van der Waals surface area contributed by atoms with Crippen molar-refractivity contribution in [2.24, 2.45) is 0 Å². The van der Waals surface area contributed by atoms with Gasteiger partial charge in [-0.05, 0) is 30.5 Å². The van der Waals surface area contributed by atoms with E-state index in [0.717, 1.165) is 6.42 Å². The van der Waals surface area contributed by atoms with E-state index in [0.29, 0.717) is 0 Å². The van der Waals surface area contributed by atoms with Gasteiger partial charge in [0.1, 0.15) is 0 Å². The number of rotatable bonds is 14. The van der Waals surface area contributed by atoms with Crippen LogP contribution >= 0.6 is 10.7 Å². The van der Waals surface area contributed by atoms with Gasteiger partial charge < -0.3 is 0 Å². The molecular formula is C20H33ClO2S. The van der Waals surface area contributed by atoms with E-state index < -0.39 is 9.05 Å². The van der Waals surface area contributed by atoms with Crippen molar-refractivity contribution in [3.63, 3.8) is 0 Å². The van der Waals surface area contributed by atoms with Gasteiger partial charge in [0, 0.05) is 10.7 Å². The zero-order chi connectivity index (χ0) is 17.7. The lowest BCUT2D eigenvalue weighted by Gasteiger charge is -2.04. The molecule has 0 amide bonds. The molecule has 0 atom stereocenters. The fourth-order valence-corrected chi connectivity index (χ4v) is 3.76. The Morgan fingerprint density at radius 1 is 0.708 bits per heavy atom. The van der Waals surface area contributed by atoms with Crippen LogP contribution in [0.25, 0.3) is 0 Å². The summed E-state index contributed by atoms with van der Waals surface area (Å²) in [5.41, 5.74) is 1.19. The Labute approximate surface area is 153 Å². The van der Waals surface area contributed by atoms with E-state index in [1.165, 1.54) is 82.6 Å². The lowest BCUT2D eigenvalue weighted by Crippen LogP contribution is -1.92. The summed E-state index contributed by atoms with van der Waals surface area (Å²) in [5, 5.41) is 0. The Hall–Kier alpha value is -0.540. The van der Waals surface area contributed by atoms with Crippen molar-refractivity contribution in [3.05, 3.63) is 29.8 Å². The first-order chi connectivity index (χ1) is 11.5. The van der Waals surface area contributed by atoms with Gasteiger partial charge in [0.15, 0.2) is 0 Å². The van der Waals surface area contributed by atoms with Crippen LogP contribution in [0.1, 0.15) is 89.5 Å². The van der Waals surface area contributed by atoms with E-state index in [9.17, 15) is 8.42 Å². The van der Waals surface area contributed by atoms with Gasteiger partial charge in [0.25, 0.3) is 9.05 Å². The highest BCUT2D eigenvalue weighted by Gasteiger charge is 2.08. The molecule has 0 aliphatic carbocycles. The monoisotopic (exact) mass is 372 g/mol. The Kier molecular flexibility index (Phi) is 11.4. The van der Waals surface area contributed by atoms with Crippen LogP contribution in [0, 0.1) is 0 Å². The van der Waals surface area contributed by atoms with E-state index in [-0.39, 0.29) is 4.90 Å². The third-order valence-corrected chi connectivity index (χ3v) is 5.89. The lowest BCUT2D eigenvalue weighted by atomic mass is 10.0. The summed E-state index contributed by atoms with van der Waals surface area (Å²) in [7, 11) is 1.72. The first-order valence-electron chi connectivity index (χ1n) is 9.57. The second-order valence-electron chi connectivity index (χ2n) is 6.72. The third-order valence-electron chi connectivity index (χ3n) is 4.52. The van der Waals surface area contributed by atoms with Crippen LogP contribution in [0.4, 0.5) is 0 Å². The van der Waals surface area contributed by atoms with Crippen molar-refractivity contribution in [1.29, 1.82) is 0 Å². The molecule has 0 aromatic heterocycles. The van der Waals surface area contributed by atoms with Gasteiger partial charge >= 0.3 is 0 Å². The Bertz CT molecular complexity index is 523. The number of hydrogen-bond acceptors (Lipinski definition) is 2. The van der Waals surface area contributed by atoms with Gasteiger partial charge in [0.2, 0.25) is 0 Å². The third kappa shape index (κ3) is 10.4. The predicted octanol–water partition coefficient (Wildman–Crippen LogP) is 6.86. The average molecular weight is 373 g/mol. The number of unbranched alkanes of at least 4 members (excludes halogenated alkanes) is 11. The zero-order valence-electron chi connectivity index (χ0n) is 15.1. The minimum Gasteiger partial charge on any atom is -0.207 e. The summed E-state index contributed by atoms with van der Waals surface area (Å²) in [6.45, 7) is 2.26. The topological polar surface area (TPSA) is 34.1 Å². The molecule has 0 saturated heterocycles. The molecule has 1 aromatic rings. The first kappa shape index (κ1) is 21.5. The first-order valence-corrected chi connectivity index (χ1v) is 11.9. The average Bonchev–Trinajstić information content (AvgIpc) is 2.55. The molecule has 0 spiro atoms. The predicted molar refractivity (Wildman–Crippen MR) is 104 cm³/mol. The maximum absolute atomic E-state index is 11.2. The Balaban J connectivity index is 1.97. The van der Waals surface area contributed by atoms with Gasteiger partial charge in [-0.1, -0.05) is 89.7 Å². The fourth-order valence-electron chi connectivity index (χ4n) is 2.99. The van der Waals surface area contributed by atoms with Crippen molar-refractivity contribution in [2.45, 2.75) is 95.3 Å². The van der Waals surface area contributed by atoms with Crippen LogP contribution in [0.5, 0.6) is 0 Å². The zero-order valence-corrected chi connectivity index (χ0v) is 16.7. The van der Waals surface area contributed by atoms with Gasteiger partial charge in [0.05, 0.1) is 4.90 Å². The minimum absolute atomic E-state index is 0.183. The molecule has 0 unspecified atom stereocenters. The van der Waals surface area contributed by atoms with Gasteiger partial charge in [-0.2, -0.15) is 0 Å². The molecule has 0 aliphatic rings. The lowest BCUT2D eigenvalue weighted by molar-refractivity contribution is 0.544. The summed E-state index contributed by atoms with van der Waals surface area (Å²) in [6.07, 6.45) is 17.2. The van der Waals surface area contributed by atoms with E-state index in [4.69, 9.17) is 10.7 Å². The normalized spacial score (nSPS) is 11.8. The SMILES string of the molecule is CCCCCCCCCCCCCCc1ccc(S(=O)(=O)Cl)cc1. The maximum Gasteiger partial charge on any atom is 0.261 e. The van der Waals surface area contributed by atoms with Crippen LogP contribution in [-0.2, 0) is 15.5 Å².